The molecule has 180 valence electrons. The minimum absolute atomic E-state index is 0. The molecule has 1 aliphatic rings. The van der Waals surface area contributed by atoms with E-state index in [-0.39, 0.29) is 36.3 Å². The van der Waals surface area contributed by atoms with E-state index in [0.717, 1.165) is 12.0 Å². The van der Waals surface area contributed by atoms with Crippen molar-refractivity contribution in [1.29, 1.82) is 0 Å². The highest BCUT2D eigenvalue weighted by Gasteiger charge is 2.29. The summed E-state index contributed by atoms with van der Waals surface area (Å²) in [6.45, 7) is 1.18. The van der Waals surface area contributed by atoms with Crippen LogP contribution in [-0.4, -0.2) is 69.1 Å². The van der Waals surface area contributed by atoms with E-state index in [1.165, 1.54) is 18.3 Å². The maximum atomic E-state index is 15.0. The van der Waals surface area contributed by atoms with Gasteiger partial charge >= 0.3 is 0 Å². The normalized spacial score (nSPS) is 15.7. The van der Waals surface area contributed by atoms with Crippen molar-refractivity contribution < 1.29 is 15.0 Å². The predicted octanol–water partition coefficient (Wildman–Crippen LogP) is 3.60. The molecule has 3 heterocycles. The van der Waals surface area contributed by atoms with Gasteiger partial charge in [0.2, 0.25) is 5.89 Å². The van der Waals surface area contributed by atoms with Crippen LogP contribution in [0, 0.1) is 5.82 Å². The van der Waals surface area contributed by atoms with Gasteiger partial charge in [0.05, 0.1) is 17.5 Å². The SMILES string of the molecule is CN(C)[C@@H]1CCN(C(=O)c2ccc(-c3cnc(N)c(-c4nnc(-c5ccccc5)o4)n3)cc2F)C1.[HH]. The standard InChI is InChI=1S/C25H24FN7O2.H2/c1-32(2)17-10-11-33(14-17)25(34)18-9-8-16(12-19(18)26)20-13-28-22(27)21(29-20)24-31-30-23(35-24)15-6-4-3-5-7-15;/h3-9,12-13,17H,10-11,14H2,1-2H3,(H2,27,28);1H/t17-;/m1./s1. The lowest BCUT2D eigenvalue weighted by atomic mass is 10.1. The zero-order valence-corrected chi connectivity index (χ0v) is 19.3. The first kappa shape index (κ1) is 22.6. The smallest absolute Gasteiger partial charge is 0.270 e. The van der Waals surface area contributed by atoms with E-state index in [4.69, 9.17) is 10.2 Å². The summed E-state index contributed by atoms with van der Waals surface area (Å²) in [6, 6.07) is 14.0. The molecule has 0 spiro atoms. The maximum Gasteiger partial charge on any atom is 0.270 e. The monoisotopic (exact) mass is 475 g/mol. The summed E-state index contributed by atoms with van der Waals surface area (Å²) >= 11 is 0. The highest BCUT2D eigenvalue weighted by atomic mass is 19.1. The Kier molecular flexibility index (Phi) is 5.96. The Balaban J connectivity index is 0.00000304. The van der Waals surface area contributed by atoms with Gasteiger partial charge in [-0.25, -0.2) is 14.4 Å². The number of likely N-dealkylation sites (N-methyl/N-ethyl adjacent to an activating group) is 1. The van der Waals surface area contributed by atoms with Crippen LogP contribution in [0.4, 0.5) is 10.2 Å². The molecule has 0 radical (unpaired) electrons. The third-order valence-electron chi connectivity index (χ3n) is 6.13. The van der Waals surface area contributed by atoms with Crippen molar-refractivity contribution in [3.05, 3.63) is 66.1 Å². The molecular weight excluding hydrogens is 449 g/mol. The van der Waals surface area contributed by atoms with Crippen LogP contribution in [0.2, 0.25) is 0 Å². The van der Waals surface area contributed by atoms with Crippen molar-refractivity contribution in [2.75, 3.05) is 32.9 Å². The number of nitrogen functional groups attached to an aromatic ring is 1. The summed E-state index contributed by atoms with van der Waals surface area (Å²) in [7, 11) is 3.96. The van der Waals surface area contributed by atoms with Crippen LogP contribution in [0.3, 0.4) is 0 Å². The Morgan fingerprint density at radius 2 is 1.91 bits per heavy atom. The van der Waals surface area contributed by atoms with Crippen LogP contribution >= 0.6 is 0 Å². The number of benzene rings is 2. The topological polar surface area (TPSA) is 114 Å². The highest BCUT2D eigenvalue weighted by molar-refractivity contribution is 5.95. The molecule has 1 fully saturated rings. The summed E-state index contributed by atoms with van der Waals surface area (Å²) in [6.07, 6.45) is 2.30. The lowest BCUT2D eigenvalue weighted by Crippen LogP contribution is -2.34. The molecule has 35 heavy (non-hydrogen) atoms. The van der Waals surface area contributed by atoms with Crippen LogP contribution < -0.4 is 5.73 Å². The fourth-order valence-corrected chi connectivity index (χ4v) is 4.08. The molecule has 1 amide bonds. The average Bonchev–Trinajstić information content (AvgIpc) is 3.55. The Bertz CT molecular complexity index is 1380. The summed E-state index contributed by atoms with van der Waals surface area (Å²) in [5, 5.41) is 8.11. The van der Waals surface area contributed by atoms with Gasteiger partial charge < -0.3 is 20.0 Å². The molecule has 1 aliphatic heterocycles. The summed E-state index contributed by atoms with van der Waals surface area (Å²) in [4.78, 5) is 25.3. The van der Waals surface area contributed by atoms with Crippen molar-refractivity contribution in [3.63, 3.8) is 0 Å². The predicted molar refractivity (Wildman–Crippen MR) is 131 cm³/mol. The molecule has 2 N–H and O–H groups in total. The van der Waals surface area contributed by atoms with Gasteiger partial charge in [0.25, 0.3) is 11.8 Å². The van der Waals surface area contributed by atoms with Gasteiger partial charge in [0, 0.05) is 31.7 Å². The molecule has 2 aromatic carbocycles. The molecular formula is C25H26FN7O2. The van der Waals surface area contributed by atoms with E-state index in [1.54, 1.807) is 11.0 Å². The molecule has 10 heteroatoms. The molecule has 5 rings (SSSR count). The Morgan fingerprint density at radius 1 is 1.14 bits per heavy atom. The summed E-state index contributed by atoms with van der Waals surface area (Å²) < 4.78 is 20.8. The first-order chi connectivity index (χ1) is 16.9. The van der Waals surface area contributed by atoms with Gasteiger partial charge in [-0.15, -0.1) is 10.2 Å². The Hall–Kier alpha value is -4.18. The molecule has 9 nitrogen and oxygen atoms in total. The molecule has 4 aromatic rings. The van der Waals surface area contributed by atoms with E-state index in [2.05, 4.69) is 25.1 Å². The number of likely N-dealkylation sites (tertiary alicyclic amines) is 1. The largest absolute Gasteiger partial charge is 0.414 e. The van der Waals surface area contributed by atoms with Gasteiger partial charge in [0.15, 0.2) is 11.5 Å². The second-order valence-electron chi connectivity index (χ2n) is 8.62. The minimum Gasteiger partial charge on any atom is -0.414 e. The molecule has 1 atom stereocenters. The quantitative estimate of drug-likeness (QED) is 0.466. The van der Waals surface area contributed by atoms with E-state index in [9.17, 15) is 4.79 Å². The van der Waals surface area contributed by atoms with Crippen molar-refractivity contribution in [3.8, 4) is 34.3 Å². The van der Waals surface area contributed by atoms with Gasteiger partial charge in [-0.05, 0) is 44.8 Å². The lowest BCUT2D eigenvalue weighted by Gasteiger charge is -2.20. The van der Waals surface area contributed by atoms with Gasteiger partial charge in [0.1, 0.15) is 5.82 Å². The molecule has 0 saturated carbocycles. The van der Waals surface area contributed by atoms with Crippen molar-refractivity contribution >= 4 is 11.7 Å². The number of hydrogen-bond acceptors (Lipinski definition) is 8. The summed E-state index contributed by atoms with van der Waals surface area (Å²) in [5.41, 5.74) is 7.81. The fourth-order valence-electron chi connectivity index (χ4n) is 4.08. The van der Waals surface area contributed by atoms with Crippen molar-refractivity contribution in [2.45, 2.75) is 12.5 Å². The molecule has 0 bridgehead atoms. The number of carbonyl (C=O) groups is 1. The van der Waals surface area contributed by atoms with Gasteiger partial charge in [-0.3, -0.25) is 4.79 Å². The number of hydrogen-bond donors (Lipinski definition) is 1. The second-order valence-corrected chi connectivity index (χ2v) is 8.62. The second kappa shape index (κ2) is 9.22. The number of halogens is 1. The lowest BCUT2D eigenvalue weighted by molar-refractivity contribution is 0.0778. The van der Waals surface area contributed by atoms with E-state index >= 15 is 4.39 Å². The number of aromatic nitrogens is 4. The number of nitrogens with two attached hydrogens (primary N) is 1. The number of carbonyl (C=O) groups excluding carboxylic acids is 1. The highest BCUT2D eigenvalue weighted by Crippen LogP contribution is 2.29. The van der Waals surface area contributed by atoms with Crippen LogP contribution in [0.1, 0.15) is 18.2 Å². The van der Waals surface area contributed by atoms with Crippen LogP contribution in [0.15, 0.2) is 59.1 Å². The zero-order valence-electron chi connectivity index (χ0n) is 19.3. The van der Waals surface area contributed by atoms with Crippen molar-refractivity contribution in [2.24, 2.45) is 0 Å². The first-order valence-corrected chi connectivity index (χ1v) is 11.2. The molecule has 2 aromatic heterocycles. The Labute approximate surface area is 202 Å². The van der Waals surface area contributed by atoms with Gasteiger partial charge in [-0.2, -0.15) is 0 Å². The zero-order chi connectivity index (χ0) is 24.5. The van der Waals surface area contributed by atoms with Crippen LogP contribution in [0.25, 0.3) is 34.3 Å². The third-order valence-corrected chi connectivity index (χ3v) is 6.13. The Morgan fingerprint density at radius 3 is 2.63 bits per heavy atom. The molecule has 0 aliphatic carbocycles. The number of nitrogens with zero attached hydrogens (tertiary/aromatic N) is 6. The number of anilines is 1. The van der Waals surface area contributed by atoms with E-state index in [0.29, 0.717) is 30.2 Å². The summed E-state index contributed by atoms with van der Waals surface area (Å²) in [5.74, 6) is -0.410. The maximum absolute atomic E-state index is 15.0. The fraction of sp³-hybridized carbons (Fsp3) is 0.240. The first-order valence-electron chi connectivity index (χ1n) is 11.2. The molecule has 0 unspecified atom stereocenters. The number of amides is 1. The molecule has 1 saturated heterocycles. The van der Waals surface area contributed by atoms with E-state index in [1.807, 2.05) is 44.4 Å². The van der Waals surface area contributed by atoms with E-state index < -0.39 is 5.82 Å². The van der Waals surface area contributed by atoms with Crippen molar-refractivity contribution in [1.82, 2.24) is 30.0 Å². The minimum atomic E-state index is -0.620. The number of rotatable bonds is 5. The van der Waals surface area contributed by atoms with Crippen LogP contribution in [0.5, 0.6) is 0 Å². The third kappa shape index (κ3) is 4.47. The average molecular weight is 476 g/mol. The van der Waals surface area contributed by atoms with Gasteiger partial charge in [-0.1, -0.05) is 24.3 Å². The van der Waals surface area contributed by atoms with Crippen LogP contribution in [-0.2, 0) is 0 Å².